The van der Waals surface area contributed by atoms with Gasteiger partial charge in [0.1, 0.15) is 18.3 Å². The molecule has 0 aliphatic carbocycles. The van der Waals surface area contributed by atoms with Gasteiger partial charge in [-0.15, -0.1) is 0 Å². The van der Waals surface area contributed by atoms with Crippen molar-refractivity contribution in [1.82, 2.24) is 19.5 Å². The second-order valence-electron chi connectivity index (χ2n) is 5.11. The van der Waals surface area contributed by atoms with Crippen LogP contribution in [0.1, 0.15) is 6.23 Å². The van der Waals surface area contributed by atoms with Gasteiger partial charge in [-0.2, -0.15) is 4.98 Å². The number of aliphatic hydroxyl groups excluding tert-OH is 2. The van der Waals surface area contributed by atoms with Crippen molar-refractivity contribution < 1.29 is 29.3 Å². The highest BCUT2D eigenvalue weighted by Gasteiger charge is 2.45. The molecule has 3 heterocycles. The number of fused-ring (bicyclic) bond motifs is 1. The predicted molar refractivity (Wildman–Crippen MR) is 83.2 cm³/mol. The van der Waals surface area contributed by atoms with E-state index in [1.54, 1.807) is 0 Å². The third-order valence-electron chi connectivity index (χ3n) is 3.47. The van der Waals surface area contributed by atoms with E-state index in [2.05, 4.69) is 31.3 Å². The molecular weight excluding hydrogens is 365 g/mol. The van der Waals surface area contributed by atoms with Crippen molar-refractivity contribution in [2.24, 2.45) is 0 Å². The summed E-state index contributed by atoms with van der Waals surface area (Å²) in [6.07, 6.45) is -3.81. The van der Waals surface area contributed by atoms with Crippen molar-refractivity contribution in [2.45, 2.75) is 24.5 Å². The molecule has 24 heavy (non-hydrogen) atoms. The van der Waals surface area contributed by atoms with Crippen LogP contribution in [0.25, 0.3) is 11.2 Å². The van der Waals surface area contributed by atoms with Crippen LogP contribution in [0.3, 0.4) is 0 Å². The van der Waals surface area contributed by atoms with Crippen molar-refractivity contribution >= 4 is 35.6 Å². The van der Waals surface area contributed by atoms with E-state index < -0.39 is 43.4 Å². The van der Waals surface area contributed by atoms with Gasteiger partial charge in [-0.1, -0.05) is 0 Å². The fourth-order valence-electron chi connectivity index (χ4n) is 2.40. The third-order valence-corrected chi connectivity index (χ3v) is 4.27. The lowest BCUT2D eigenvalue weighted by Gasteiger charge is -2.17. The number of nitrogens with one attached hydrogen (secondary N) is 1. The molecule has 2 unspecified atom stereocenters. The van der Waals surface area contributed by atoms with E-state index in [0.717, 1.165) is 0 Å². The molecule has 14 heteroatoms. The van der Waals surface area contributed by atoms with Gasteiger partial charge in [0.25, 0.3) is 5.56 Å². The van der Waals surface area contributed by atoms with E-state index in [-0.39, 0.29) is 17.1 Å². The Balaban J connectivity index is 1.90. The van der Waals surface area contributed by atoms with Gasteiger partial charge in [0, 0.05) is 0 Å². The lowest BCUT2D eigenvalue weighted by molar-refractivity contribution is -0.0486. The molecule has 2 aromatic rings. The molecule has 12 nitrogen and oxygen atoms in total. The maximum absolute atomic E-state index is 11.8. The molecule has 0 spiro atoms. The van der Waals surface area contributed by atoms with Gasteiger partial charge >= 0.3 is 6.72 Å². The molecule has 0 saturated carbocycles. The van der Waals surface area contributed by atoms with E-state index >= 15 is 0 Å². The largest absolute Gasteiger partial charge is 0.387 e. The monoisotopic (exact) mass is 379 g/mol. The summed E-state index contributed by atoms with van der Waals surface area (Å²) in [6, 6.07) is 0. The molecule has 4 atom stereocenters. The number of rotatable bonds is 4. The first-order valence-corrected chi connectivity index (χ1v) is 9.24. The highest BCUT2D eigenvalue weighted by molar-refractivity contribution is 8.06. The molecule has 1 aliphatic rings. The smallest absolute Gasteiger partial charge is 0.321 e. The fraction of sp³-hybridized carbons (Fsp3) is 0.500. The van der Waals surface area contributed by atoms with Gasteiger partial charge in [0.05, 0.1) is 12.9 Å². The molecule has 0 radical (unpaired) electrons. The van der Waals surface area contributed by atoms with Gasteiger partial charge in [-0.3, -0.25) is 14.3 Å². The molecule has 0 aromatic carbocycles. The summed E-state index contributed by atoms with van der Waals surface area (Å²) < 4.78 is 11.4. The van der Waals surface area contributed by atoms with Crippen molar-refractivity contribution in [3.63, 3.8) is 0 Å². The number of imidazole rings is 1. The Labute approximate surface area is 138 Å². The molecule has 1 saturated heterocycles. The standard InChI is InChI=1S/C10H14N5O7PS/c11-10-13-7-4(8(18)14-10)12-2-15(7)9-6(17)5(16)3(22-9)1-21-23(19,20)24/h2-3,5-6,9,16-17H,1H2,(H2,19,20,24)(H3,11,13,14,18)/t3-,5?,6?,9-/m1/s1. The van der Waals surface area contributed by atoms with Gasteiger partial charge in [0.15, 0.2) is 17.4 Å². The number of H-pyrrole nitrogens is 1. The van der Waals surface area contributed by atoms with E-state index in [9.17, 15) is 15.0 Å². The number of hydrogen-bond donors (Lipinski definition) is 6. The number of nitrogens with zero attached hydrogens (tertiary/aromatic N) is 3. The second kappa shape index (κ2) is 6.13. The van der Waals surface area contributed by atoms with Gasteiger partial charge < -0.3 is 35.0 Å². The Bertz CT molecular complexity index is 865. The van der Waals surface area contributed by atoms with Crippen molar-refractivity contribution in [1.29, 1.82) is 0 Å². The maximum Gasteiger partial charge on any atom is 0.321 e. The highest BCUT2D eigenvalue weighted by atomic mass is 32.5. The van der Waals surface area contributed by atoms with Gasteiger partial charge in [-0.25, -0.2) is 4.98 Å². The number of anilines is 1. The first-order chi connectivity index (χ1) is 11.2. The number of aromatic amines is 1. The minimum Gasteiger partial charge on any atom is -0.387 e. The summed E-state index contributed by atoms with van der Waals surface area (Å²) in [5.41, 5.74) is 4.97. The lowest BCUT2D eigenvalue weighted by atomic mass is 10.1. The topological polar surface area (TPSA) is 189 Å². The highest BCUT2D eigenvalue weighted by Crippen LogP contribution is 2.39. The van der Waals surface area contributed by atoms with Crippen LogP contribution in [-0.4, -0.2) is 64.4 Å². The molecule has 132 valence electrons. The molecular formula is C10H14N5O7PS. The van der Waals surface area contributed by atoms with Crippen LogP contribution in [-0.2, 0) is 21.1 Å². The van der Waals surface area contributed by atoms with Crippen LogP contribution in [0.15, 0.2) is 11.1 Å². The third kappa shape index (κ3) is 3.20. The summed E-state index contributed by atoms with van der Waals surface area (Å²) in [5.74, 6) is -0.150. The van der Waals surface area contributed by atoms with Gasteiger partial charge in [0.2, 0.25) is 5.95 Å². The number of nitrogen functional groups attached to an aromatic ring is 1. The van der Waals surface area contributed by atoms with Crippen LogP contribution in [0.2, 0.25) is 0 Å². The van der Waals surface area contributed by atoms with E-state index in [4.69, 9.17) is 20.3 Å². The summed E-state index contributed by atoms with van der Waals surface area (Å²) in [6.45, 7) is -4.37. The molecule has 3 rings (SSSR count). The Morgan fingerprint density at radius 2 is 2.17 bits per heavy atom. The Morgan fingerprint density at radius 1 is 1.46 bits per heavy atom. The summed E-state index contributed by atoms with van der Waals surface area (Å²) in [5, 5.41) is 20.2. The first-order valence-electron chi connectivity index (χ1n) is 6.61. The molecule has 1 fully saturated rings. The number of hydrogen-bond acceptors (Lipinski definition) is 9. The van der Waals surface area contributed by atoms with Crippen LogP contribution in [0.5, 0.6) is 0 Å². The molecule has 2 aromatic heterocycles. The number of aromatic nitrogens is 4. The molecule has 7 N–H and O–H groups in total. The maximum atomic E-state index is 11.8. The minimum atomic E-state index is -3.93. The second-order valence-corrected chi connectivity index (χ2v) is 7.77. The number of nitrogens with two attached hydrogens (primary N) is 1. The molecule has 0 bridgehead atoms. The number of ether oxygens (including phenoxy) is 1. The number of aliphatic hydroxyl groups is 2. The van der Waals surface area contributed by atoms with Crippen LogP contribution >= 0.6 is 6.72 Å². The average Bonchev–Trinajstić information content (AvgIpc) is 3.00. The van der Waals surface area contributed by atoms with Crippen molar-refractivity contribution in [3.05, 3.63) is 16.7 Å². The predicted octanol–water partition coefficient (Wildman–Crippen LogP) is -2.45. The Hall–Kier alpha value is -1.44. The van der Waals surface area contributed by atoms with Crippen molar-refractivity contribution in [3.8, 4) is 0 Å². The quantitative estimate of drug-likeness (QED) is 0.309. The molecule has 1 aliphatic heterocycles. The normalized spacial score (nSPS) is 27.8. The van der Waals surface area contributed by atoms with Crippen LogP contribution < -0.4 is 11.3 Å². The average molecular weight is 379 g/mol. The van der Waals surface area contributed by atoms with Crippen LogP contribution in [0.4, 0.5) is 5.95 Å². The van der Waals surface area contributed by atoms with E-state index in [1.165, 1.54) is 10.9 Å². The zero-order chi connectivity index (χ0) is 17.6. The minimum absolute atomic E-state index is 0.0181. The lowest BCUT2D eigenvalue weighted by Crippen LogP contribution is -2.33. The summed E-state index contributed by atoms with van der Waals surface area (Å²) in [4.78, 5) is 40.0. The Kier molecular flexibility index (Phi) is 4.44. The SMILES string of the molecule is Nc1nc2c(ncn2[C@@H]2O[C@H](COP(O)(O)=S)C(O)C2O)c(=O)[nH]1. The zero-order valence-corrected chi connectivity index (χ0v) is 13.6. The summed E-state index contributed by atoms with van der Waals surface area (Å²) in [7, 11) is 0. The first kappa shape index (κ1) is 17.4. The zero-order valence-electron chi connectivity index (χ0n) is 11.9. The van der Waals surface area contributed by atoms with Gasteiger partial charge in [-0.05, 0) is 11.8 Å². The Morgan fingerprint density at radius 3 is 2.83 bits per heavy atom. The fourth-order valence-corrected chi connectivity index (χ4v) is 2.92. The summed E-state index contributed by atoms with van der Waals surface area (Å²) >= 11 is 4.31. The molecule has 0 amide bonds. The van der Waals surface area contributed by atoms with E-state index in [1.807, 2.05) is 0 Å². The van der Waals surface area contributed by atoms with Crippen LogP contribution in [0, 0.1) is 0 Å². The van der Waals surface area contributed by atoms with Crippen molar-refractivity contribution in [2.75, 3.05) is 12.3 Å². The van der Waals surface area contributed by atoms with E-state index in [0.29, 0.717) is 0 Å².